The van der Waals surface area contributed by atoms with Crippen LogP contribution in [0.2, 0.25) is 0 Å². The molecular formula is C20H29F2N5O2. The van der Waals surface area contributed by atoms with Crippen molar-refractivity contribution >= 4 is 5.96 Å². The number of aliphatic hydroxyl groups is 1. The molecular weight excluding hydrogens is 380 g/mol. The maximum Gasteiger partial charge on any atom is 0.387 e. The summed E-state index contributed by atoms with van der Waals surface area (Å²) in [5, 5.41) is 16.7. The number of imidazole rings is 1. The normalized spacial score (nSPS) is 12.8. The second-order valence-corrected chi connectivity index (χ2v) is 6.48. The maximum absolute atomic E-state index is 12.2. The molecule has 1 aromatic heterocycles. The molecule has 7 nitrogen and oxygen atoms in total. The summed E-state index contributed by atoms with van der Waals surface area (Å²) in [7, 11) is 0. The number of ether oxygens (including phenoxy) is 1. The van der Waals surface area contributed by atoms with Gasteiger partial charge in [-0.05, 0) is 44.4 Å². The molecule has 0 aliphatic rings. The first-order valence-electron chi connectivity index (χ1n) is 9.72. The number of guanidine groups is 1. The molecule has 0 aliphatic heterocycles. The van der Waals surface area contributed by atoms with Crippen molar-refractivity contribution in [1.82, 2.24) is 20.2 Å². The SMILES string of the molecule is CCNC(=NCC(O)c1ccc(OC(F)F)cc1)NCCCCn1ccnc1C. The van der Waals surface area contributed by atoms with Gasteiger partial charge in [-0.1, -0.05) is 12.1 Å². The van der Waals surface area contributed by atoms with Gasteiger partial charge in [-0.25, -0.2) is 4.98 Å². The van der Waals surface area contributed by atoms with Crippen LogP contribution in [-0.2, 0) is 6.54 Å². The van der Waals surface area contributed by atoms with E-state index in [1.165, 1.54) is 12.1 Å². The Bertz CT molecular complexity index is 750. The second-order valence-electron chi connectivity index (χ2n) is 6.48. The standard InChI is InChI=1S/C20H29F2N5O2/c1-3-23-20(25-10-4-5-12-27-13-11-24-15(27)2)26-14-18(28)16-6-8-17(9-7-16)29-19(21)22/h6-9,11,13,18-19,28H,3-5,10,12,14H2,1-2H3,(H2,23,25,26). The lowest BCUT2D eigenvalue weighted by molar-refractivity contribution is -0.0498. The molecule has 29 heavy (non-hydrogen) atoms. The molecule has 1 aromatic carbocycles. The summed E-state index contributed by atoms with van der Waals surface area (Å²) in [6.45, 7) is 3.62. The summed E-state index contributed by atoms with van der Waals surface area (Å²) in [6.07, 6.45) is 4.92. The van der Waals surface area contributed by atoms with Crippen LogP contribution in [0.1, 0.15) is 37.3 Å². The minimum Gasteiger partial charge on any atom is -0.435 e. The summed E-state index contributed by atoms with van der Waals surface area (Å²) < 4.78 is 30.8. The van der Waals surface area contributed by atoms with Gasteiger partial charge in [-0.3, -0.25) is 4.99 Å². The van der Waals surface area contributed by atoms with Gasteiger partial charge in [0.1, 0.15) is 11.6 Å². The third-order valence-corrected chi connectivity index (χ3v) is 4.30. The predicted octanol–water partition coefficient (Wildman–Crippen LogP) is 2.86. The number of aliphatic imine (C=N–C) groups is 1. The lowest BCUT2D eigenvalue weighted by atomic mass is 10.1. The smallest absolute Gasteiger partial charge is 0.387 e. The average molecular weight is 409 g/mol. The monoisotopic (exact) mass is 409 g/mol. The molecule has 0 saturated carbocycles. The van der Waals surface area contributed by atoms with E-state index in [0.29, 0.717) is 18.1 Å². The van der Waals surface area contributed by atoms with Crippen molar-refractivity contribution in [2.24, 2.45) is 4.99 Å². The van der Waals surface area contributed by atoms with E-state index in [2.05, 4.69) is 29.9 Å². The third kappa shape index (κ3) is 8.06. The Hall–Kier alpha value is -2.68. The predicted molar refractivity (Wildman–Crippen MR) is 108 cm³/mol. The molecule has 3 N–H and O–H groups in total. The van der Waals surface area contributed by atoms with Crippen LogP contribution in [-0.4, -0.2) is 46.9 Å². The second kappa shape index (κ2) is 12.0. The van der Waals surface area contributed by atoms with Crippen LogP contribution in [0.25, 0.3) is 0 Å². The Kier molecular flexibility index (Phi) is 9.36. The fourth-order valence-corrected chi connectivity index (χ4v) is 2.75. The van der Waals surface area contributed by atoms with Gasteiger partial charge in [-0.15, -0.1) is 0 Å². The van der Waals surface area contributed by atoms with Crippen LogP contribution in [0.5, 0.6) is 5.75 Å². The lowest BCUT2D eigenvalue weighted by Crippen LogP contribution is -2.38. The van der Waals surface area contributed by atoms with Gasteiger partial charge in [0, 0.05) is 32.0 Å². The summed E-state index contributed by atoms with van der Waals surface area (Å²) in [5.41, 5.74) is 0.585. The number of unbranched alkanes of at least 4 members (excludes halogenated alkanes) is 1. The van der Waals surface area contributed by atoms with Gasteiger partial charge in [0.05, 0.1) is 12.6 Å². The minimum absolute atomic E-state index is 0.0559. The van der Waals surface area contributed by atoms with E-state index in [0.717, 1.165) is 31.8 Å². The highest BCUT2D eigenvalue weighted by Crippen LogP contribution is 2.19. The van der Waals surface area contributed by atoms with E-state index in [1.807, 2.05) is 20.0 Å². The summed E-state index contributed by atoms with van der Waals surface area (Å²) in [4.78, 5) is 8.61. The molecule has 1 atom stereocenters. The number of aliphatic hydroxyl groups excluding tert-OH is 1. The number of benzene rings is 1. The molecule has 0 fully saturated rings. The van der Waals surface area contributed by atoms with E-state index < -0.39 is 12.7 Å². The van der Waals surface area contributed by atoms with Gasteiger partial charge in [0.25, 0.3) is 0 Å². The van der Waals surface area contributed by atoms with Crippen molar-refractivity contribution < 1.29 is 18.6 Å². The fraction of sp³-hybridized carbons (Fsp3) is 0.500. The molecule has 0 aliphatic carbocycles. The quantitative estimate of drug-likeness (QED) is 0.302. The number of rotatable bonds is 11. The summed E-state index contributed by atoms with van der Waals surface area (Å²) in [6, 6.07) is 5.91. The summed E-state index contributed by atoms with van der Waals surface area (Å²) >= 11 is 0. The molecule has 9 heteroatoms. The van der Waals surface area contributed by atoms with Crippen molar-refractivity contribution in [2.75, 3.05) is 19.6 Å². The maximum atomic E-state index is 12.2. The Labute approximate surface area is 169 Å². The van der Waals surface area contributed by atoms with Crippen LogP contribution in [0, 0.1) is 6.92 Å². The first kappa shape index (κ1) is 22.6. The van der Waals surface area contributed by atoms with Gasteiger partial charge < -0.3 is 25.0 Å². The van der Waals surface area contributed by atoms with Crippen LogP contribution in [0.15, 0.2) is 41.7 Å². The van der Waals surface area contributed by atoms with Crippen molar-refractivity contribution in [2.45, 2.75) is 45.9 Å². The number of halogens is 2. The van der Waals surface area contributed by atoms with Crippen molar-refractivity contribution in [3.63, 3.8) is 0 Å². The van der Waals surface area contributed by atoms with Crippen LogP contribution >= 0.6 is 0 Å². The first-order valence-corrected chi connectivity index (χ1v) is 9.72. The number of hydrogen-bond donors (Lipinski definition) is 3. The number of aromatic nitrogens is 2. The Morgan fingerprint density at radius 2 is 2.00 bits per heavy atom. The van der Waals surface area contributed by atoms with E-state index in [1.54, 1.807) is 18.3 Å². The van der Waals surface area contributed by atoms with Crippen molar-refractivity contribution in [1.29, 1.82) is 0 Å². The molecule has 0 bridgehead atoms. The molecule has 0 saturated heterocycles. The highest BCUT2D eigenvalue weighted by atomic mass is 19.3. The molecule has 2 aromatic rings. The van der Waals surface area contributed by atoms with E-state index in [9.17, 15) is 13.9 Å². The first-order chi connectivity index (χ1) is 14.0. The topological polar surface area (TPSA) is 83.7 Å². The van der Waals surface area contributed by atoms with E-state index in [4.69, 9.17) is 0 Å². The average Bonchev–Trinajstić information content (AvgIpc) is 3.10. The number of nitrogens with zero attached hydrogens (tertiary/aromatic N) is 3. The number of alkyl halides is 2. The highest BCUT2D eigenvalue weighted by Gasteiger charge is 2.09. The largest absolute Gasteiger partial charge is 0.435 e. The van der Waals surface area contributed by atoms with Crippen LogP contribution in [0.4, 0.5) is 8.78 Å². The van der Waals surface area contributed by atoms with Gasteiger partial charge in [-0.2, -0.15) is 8.78 Å². The fourth-order valence-electron chi connectivity index (χ4n) is 2.75. The summed E-state index contributed by atoms with van der Waals surface area (Å²) in [5.74, 6) is 1.69. The third-order valence-electron chi connectivity index (χ3n) is 4.30. The number of nitrogens with one attached hydrogen (secondary N) is 2. The number of aryl methyl sites for hydroxylation is 2. The molecule has 2 rings (SSSR count). The van der Waals surface area contributed by atoms with Gasteiger partial charge in [0.2, 0.25) is 0 Å². The van der Waals surface area contributed by atoms with Crippen LogP contribution < -0.4 is 15.4 Å². The zero-order valence-corrected chi connectivity index (χ0v) is 16.8. The van der Waals surface area contributed by atoms with E-state index in [-0.39, 0.29) is 12.3 Å². The zero-order valence-electron chi connectivity index (χ0n) is 16.8. The molecule has 0 radical (unpaired) electrons. The Morgan fingerprint density at radius 1 is 1.24 bits per heavy atom. The van der Waals surface area contributed by atoms with Crippen LogP contribution in [0.3, 0.4) is 0 Å². The van der Waals surface area contributed by atoms with E-state index >= 15 is 0 Å². The minimum atomic E-state index is -2.87. The molecule has 160 valence electrons. The molecule has 1 heterocycles. The lowest BCUT2D eigenvalue weighted by Gasteiger charge is -2.14. The van der Waals surface area contributed by atoms with Crippen molar-refractivity contribution in [3.8, 4) is 5.75 Å². The molecule has 1 unspecified atom stereocenters. The molecule has 0 amide bonds. The highest BCUT2D eigenvalue weighted by molar-refractivity contribution is 5.79. The number of hydrogen-bond acceptors (Lipinski definition) is 4. The van der Waals surface area contributed by atoms with Gasteiger partial charge >= 0.3 is 6.61 Å². The Balaban J connectivity index is 1.77. The molecule has 0 spiro atoms. The van der Waals surface area contributed by atoms with Gasteiger partial charge in [0.15, 0.2) is 5.96 Å². The van der Waals surface area contributed by atoms with Crippen molar-refractivity contribution in [3.05, 3.63) is 48.0 Å². The zero-order chi connectivity index (χ0) is 21.1. The Morgan fingerprint density at radius 3 is 2.62 bits per heavy atom.